The van der Waals surface area contributed by atoms with Gasteiger partial charge in [0.15, 0.2) is 0 Å². The zero-order valence-electron chi connectivity index (χ0n) is 14.2. The fourth-order valence-corrected chi connectivity index (χ4v) is 3.03. The summed E-state index contributed by atoms with van der Waals surface area (Å²) in [5.74, 6) is 0. The standard InChI is InChI=1S/C18H22N4O2/c1-13-16(14-4-8-19-9-5-14)10-15(11-20-13)21(2)12-18(6-7-18)22(3)17(23)24/h4-5,8-11H,6-7,12H2,1-3H3,(H,23,24). The van der Waals surface area contributed by atoms with Crippen LogP contribution >= 0.6 is 0 Å². The van der Waals surface area contributed by atoms with E-state index >= 15 is 0 Å². The minimum Gasteiger partial charge on any atom is -0.465 e. The number of pyridine rings is 2. The van der Waals surface area contributed by atoms with Crippen molar-refractivity contribution in [1.29, 1.82) is 0 Å². The van der Waals surface area contributed by atoms with Crippen LogP contribution in [0.15, 0.2) is 36.8 Å². The summed E-state index contributed by atoms with van der Waals surface area (Å²) in [5.41, 5.74) is 3.81. The molecule has 1 amide bonds. The first kappa shape index (κ1) is 16.2. The van der Waals surface area contributed by atoms with Crippen LogP contribution in [-0.2, 0) is 0 Å². The van der Waals surface area contributed by atoms with Gasteiger partial charge in [-0.1, -0.05) is 0 Å². The molecule has 1 aliphatic rings. The highest BCUT2D eigenvalue weighted by molar-refractivity contribution is 5.70. The van der Waals surface area contributed by atoms with Gasteiger partial charge >= 0.3 is 6.09 Å². The third-order valence-corrected chi connectivity index (χ3v) is 4.86. The first-order chi connectivity index (χ1) is 11.4. The number of hydrogen-bond acceptors (Lipinski definition) is 4. The Hall–Kier alpha value is -2.63. The lowest BCUT2D eigenvalue weighted by Crippen LogP contribution is -2.45. The van der Waals surface area contributed by atoms with Gasteiger partial charge in [0.25, 0.3) is 0 Å². The number of nitrogens with zero attached hydrogens (tertiary/aromatic N) is 4. The van der Waals surface area contributed by atoms with Crippen molar-refractivity contribution in [2.24, 2.45) is 0 Å². The molecule has 24 heavy (non-hydrogen) atoms. The van der Waals surface area contributed by atoms with E-state index in [1.165, 1.54) is 4.90 Å². The molecule has 2 heterocycles. The fraction of sp³-hybridized carbons (Fsp3) is 0.389. The monoisotopic (exact) mass is 326 g/mol. The Labute approximate surface area is 141 Å². The van der Waals surface area contributed by atoms with Crippen molar-refractivity contribution in [3.05, 3.63) is 42.5 Å². The maximum Gasteiger partial charge on any atom is 0.407 e. The SMILES string of the molecule is Cc1ncc(N(C)CC2(N(C)C(=O)O)CC2)cc1-c1ccncc1. The van der Waals surface area contributed by atoms with Gasteiger partial charge < -0.3 is 14.9 Å². The summed E-state index contributed by atoms with van der Waals surface area (Å²) in [7, 11) is 3.64. The Morgan fingerprint density at radius 2 is 1.96 bits per heavy atom. The molecule has 2 aromatic rings. The molecule has 1 fully saturated rings. The maximum atomic E-state index is 11.3. The quantitative estimate of drug-likeness (QED) is 0.914. The maximum absolute atomic E-state index is 11.3. The predicted octanol–water partition coefficient (Wildman–Crippen LogP) is 3.03. The Morgan fingerprint density at radius 1 is 1.29 bits per heavy atom. The number of aromatic nitrogens is 2. The fourth-order valence-electron chi connectivity index (χ4n) is 3.03. The zero-order valence-corrected chi connectivity index (χ0v) is 14.2. The van der Waals surface area contributed by atoms with Gasteiger partial charge in [0.2, 0.25) is 0 Å². The molecule has 1 aliphatic carbocycles. The molecule has 6 nitrogen and oxygen atoms in total. The zero-order chi connectivity index (χ0) is 17.3. The molecular weight excluding hydrogens is 304 g/mol. The van der Waals surface area contributed by atoms with Gasteiger partial charge in [-0.2, -0.15) is 0 Å². The van der Waals surface area contributed by atoms with Gasteiger partial charge in [-0.05, 0) is 43.5 Å². The van der Waals surface area contributed by atoms with Crippen LogP contribution in [0.2, 0.25) is 0 Å². The van der Waals surface area contributed by atoms with E-state index in [1.807, 2.05) is 32.3 Å². The minimum atomic E-state index is -0.875. The number of likely N-dealkylation sites (N-methyl/N-ethyl adjacent to an activating group) is 2. The highest BCUT2D eigenvalue weighted by Gasteiger charge is 2.49. The van der Waals surface area contributed by atoms with Gasteiger partial charge in [0.1, 0.15) is 0 Å². The third kappa shape index (κ3) is 3.04. The Balaban J connectivity index is 1.84. The molecule has 0 atom stereocenters. The van der Waals surface area contributed by atoms with Gasteiger partial charge in [0, 0.05) is 44.3 Å². The van der Waals surface area contributed by atoms with E-state index < -0.39 is 6.09 Å². The molecule has 3 rings (SSSR count). The number of carboxylic acid groups (broad SMARTS) is 1. The Morgan fingerprint density at radius 3 is 2.54 bits per heavy atom. The molecule has 1 N–H and O–H groups in total. The normalized spacial score (nSPS) is 15.0. The molecule has 0 aromatic carbocycles. The first-order valence-corrected chi connectivity index (χ1v) is 7.98. The van der Waals surface area contributed by atoms with Crippen LogP contribution in [0.3, 0.4) is 0 Å². The topological polar surface area (TPSA) is 69.6 Å². The van der Waals surface area contributed by atoms with E-state index in [9.17, 15) is 9.90 Å². The summed E-state index contributed by atoms with van der Waals surface area (Å²) in [4.78, 5) is 23.4. The summed E-state index contributed by atoms with van der Waals surface area (Å²) in [6, 6.07) is 6.04. The lowest BCUT2D eigenvalue weighted by atomic mass is 10.1. The number of amides is 1. The first-order valence-electron chi connectivity index (χ1n) is 7.98. The van der Waals surface area contributed by atoms with E-state index in [1.54, 1.807) is 19.4 Å². The van der Waals surface area contributed by atoms with Crippen LogP contribution < -0.4 is 4.90 Å². The average Bonchev–Trinajstić information content (AvgIpc) is 3.35. The van der Waals surface area contributed by atoms with Crippen molar-refractivity contribution in [3.63, 3.8) is 0 Å². The van der Waals surface area contributed by atoms with Crippen molar-refractivity contribution < 1.29 is 9.90 Å². The van der Waals surface area contributed by atoms with E-state index in [2.05, 4.69) is 20.9 Å². The Kier molecular flexibility index (Phi) is 4.13. The summed E-state index contributed by atoms with van der Waals surface area (Å²) < 4.78 is 0. The number of carbonyl (C=O) groups is 1. The highest BCUT2D eigenvalue weighted by atomic mass is 16.4. The molecule has 0 aliphatic heterocycles. The van der Waals surface area contributed by atoms with Crippen LogP contribution in [0.25, 0.3) is 11.1 Å². The second-order valence-electron chi connectivity index (χ2n) is 6.48. The third-order valence-electron chi connectivity index (χ3n) is 4.86. The molecule has 1 saturated carbocycles. The lowest BCUT2D eigenvalue weighted by Gasteiger charge is -2.31. The molecule has 2 aromatic heterocycles. The largest absolute Gasteiger partial charge is 0.465 e. The lowest BCUT2D eigenvalue weighted by molar-refractivity contribution is 0.133. The number of aryl methyl sites for hydroxylation is 1. The average molecular weight is 326 g/mol. The molecule has 0 spiro atoms. The van der Waals surface area contributed by atoms with Gasteiger partial charge in [-0.3, -0.25) is 9.97 Å². The highest BCUT2D eigenvalue weighted by Crippen LogP contribution is 2.42. The van der Waals surface area contributed by atoms with Crippen molar-refractivity contribution in [2.45, 2.75) is 25.3 Å². The Bertz CT molecular complexity index is 744. The molecule has 6 heteroatoms. The van der Waals surface area contributed by atoms with Crippen molar-refractivity contribution in [2.75, 3.05) is 25.5 Å². The molecule has 126 valence electrons. The molecule has 0 radical (unpaired) electrons. The van der Waals surface area contributed by atoms with Crippen LogP contribution in [0.1, 0.15) is 18.5 Å². The van der Waals surface area contributed by atoms with Crippen LogP contribution in [0, 0.1) is 6.92 Å². The summed E-state index contributed by atoms with van der Waals surface area (Å²) in [6.07, 6.45) is 6.31. The number of rotatable bonds is 5. The van der Waals surface area contributed by atoms with Crippen LogP contribution in [0.5, 0.6) is 0 Å². The van der Waals surface area contributed by atoms with Crippen molar-refractivity contribution in [1.82, 2.24) is 14.9 Å². The minimum absolute atomic E-state index is 0.275. The van der Waals surface area contributed by atoms with Crippen LogP contribution in [-0.4, -0.2) is 52.2 Å². The van der Waals surface area contributed by atoms with Crippen molar-refractivity contribution >= 4 is 11.8 Å². The second kappa shape index (κ2) is 6.11. The predicted molar refractivity (Wildman–Crippen MR) is 93.2 cm³/mol. The van der Waals surface area contributed by atoms with E-state index in [-0.39, 0.29) is 5.54 Å². The van der Waals surface area contributed by atoms with Gasteiger partial charge in [-0.15, -0.1) is 0 Å². The second-order valence-corrected chi connectivity index (χ2v) is 6.48. The summed E-state index contributed by atoms with van der Waals surface area (Å²) in [5, 5.41) is 9.26. The van der Waals surface area contributed by atoms with E-state index in [0.29, 0.717) is 6.54 Å². The summed E-state index contributed by atoms with van der Waals surface area (Å²) >= 11 is 0. The van der Waals surface area contributed by atoms with Crippen LogP contribution in [0.4, 0.5) is 10.5 Å². The number of anilines is 1. The molecular formula is C18H22N4O2. The summed E-state index contributed by atoms with van der Waals surface area (Å²) in [6.45, 7) is 2.65. The van der Waals surface area contributed by atoms with Gasteiger partial charge in [-0.25, -0.2) is 4.79 Å². The van der Waals surface area contributed by atoms with Gasteiger partial charge in [0.05, 0.1) is 17.4 Å². The molecule has 0 unspecified atom stereocenters. The van der Waals surface area contributed by atoms with E-state index in [0.717, 1.165) is 35.3 Å². The number of hydrogen-bond donors (Lipinski definition) is 1. The smallest absolute Gasteiger partial charge is 0.407 e. The van der Waals surface area contributed by atoms with Crippen molar-refractivity contribution in [3.8, 4) is 11.1 Å². The molecule has 0 bridgehead atoms. The molecule has 0 saturated heterocycles. The van der Waals surface area contributed by atoms with E-state index in [4.69, 9.17) is 0 Å².